The highest BCUT2D eigenvalue weighted by Crippen LogP contribution is 2.28. The fourth-order valence-electron chi connectivity index (χ4n) is 3.23. The zero-order valence-corrected chi connectivity index (χ0v) is 17.2. The Morgan fingerprint density at radius 2 is 2.07 bits per heavy atom. The maximum absolute atomic E-state index is 4.69. The lowest BCUT2D eigenvalue weighted by atomic mass is 10.1. The predicted molar refractivity (Wildman–Crippen MR) is 123 cm³/mol. The largest absolute Gasteiger partial charge is 0.359 e. The Balaban J connectivity index is 1.76. The van der Waals surface area contributed by atoms with Crippen molar-refractivity contribution in [2.24, 2.45) is 0 Å². The van der Waals surface area contributed by atoms with Gasteiger partial charge in [0.15, 0.2) is 5.82 Å². The van der Waals surface area contributed by atoms with E-state index in [1.807, 2.05) is 49.4 Å². The maximum Gasteiger partial charge on any atom is 0.159 e. The summed E-state index contributed by atoms with van der Waals surface area (Å²) < 4.78 is 0. The van der Waals surface area contributed by atoms with Gasteiger partial charge in [0.2, 0.25) is 0 Å². The Morgan fingerprint density at radius 3 is 2.80 bits per heavy atom. The van der Waals surface area contributed by atoms with E-state index in [4.69, 9.17) is 0 Å². The number of nitrogens with one attached hydrogen (secondary N) is 3. The van der Waals surface area contributed by atoms with Gasteiger partial charge in [-0.3, -0.25) is 10.1 Å². The number of fused-ring (bicyclic) bond motifs is 2. The molecule has 3 aromatic heterocycles. The van der Waals surface area contributed by atoms with Gasteiger partial charge < -0.3 is 10.3 Å². The molecule has 0 amide bonds. The number of hydrogen-bond acceptors (Lipinski definition) is 4. The lowest BCUT2D eigenvalue weighted by molar-refractivity contribution is 0.920. The van der Waals surface area contributed by atoms with E-state index in [1.165, 1.54) is 0 Å². The first kappa shape index (κ1) is 19.4. The molecule has 30 heavy (non-hydrogen) atoms. The van der Waals surface area contributed by atoms with E-state index in [1.54, 1.807) is 12.3 Å². The molecule has 0 unspecified atom stereocenters. The molecule has 3 N–H and O–H groups in total. The van der Waals surface area contributed by atoms with Crippen molar-refractivity contribution in [1.82, 2.24) is 30.5 Å². The zero-order valence-electron chi connectivity index (χ0n) is 17.2. The molecule has 0 spiro atoms. The van der Waals surface area contributed by atoms with Gasteiger partial charge in [0.1, 0.15) is 5.69 Å². The topological polar surface area (TPSA) is 82.3 Å². The van der Waals surface area contributed by atoms with E-state index in [9.17, 15) is 0 Å². The molecule has 6 nitrogen and oxygen atoms in total. The Labute approximate surface area is 175 Å². The van der Waals surface area contributed by atoms with E-state index in [-0.39, 0.29) is 0 Å². The molecule has 0 aliphatic heterocycles. The van der Waals surface area contributed by atoms with Crippen LogP contribution in [0.15, 0.2) is 79.3 Å². The minimum absolute atomic E-state index is 0.727. The van der Waals surface area contributed by atoms with Crippen molar-refractivity contribution in [2.45, 2.75) is 20.3 Å². The number of para-hydroxylation sites is 2. The summed E-state index contributed by atoms with van der Waals surface area (Å²) in [6.45, 7) is 11.9. The van der Waals surface area contributed by atoms with E-state index in [2.05, 4.69) is 50.5 Å². The third kappa shape index (κ3) is 3.67. The van der Waals surface area contributed by atoms with Crippen molar-refractivity contribution in [3.8, 4) is 11.5 Å². The number of aromatic nitrogens is 5. The molecular formula is C24H24N6. The smallest absolute Gasteiger partial charge is 0.159 e. The molecule has 1 aromatic carbocycles. The average Bonchev–Trinajstić information content (AvgIpc) is 3.39. The van der Waals surface area contributed by atoms with Crippen LogP contribution in [0.5, 0.6) is 0 Å². The van der Waals surface area contributed by atoms with Crippen LogP contribution in [0.2, 0.25) is 0 Å². The summed E-state index contributed by atoms with van der Waals surface area (Å²) in [6, 6.07) is 9.97. The second kappa shape index (κ2) is 8.21. The van der Waals surface area contributed by atoms with E-state index < -0.39 is 0 Å². The number of benzene rings is 1. The number of imidazole rings is 1. The molecule has 4 rings (SSSR count). The van der Waals surface area contributed by atoms with Crippen LogP contribution in [0.3, 0.4) is 0 Å². The summed E-state index contributed by atoms with van der Waals surface area (Å²) in [7, 11) is 0. The fraction of sp³-hybridized carbons (Fsp3) is 0.125. The standard InChI is InChI=1S/C24H24N6/c1-5-15(4)26-17(7-3)12-16(6-2)21-13-18-22(14-25-21)29-30-23(18)24-27-19-10-8-9-11-20(19)28-24/h6-14,26H,3-5H2,1-2H3,(H,27,28)(H,29,30)/b16-6+,17-12+. The summed E-state index contributed by atoms with van der Waals surface area (Å²) in [5, 5.41) is 11.8. The van der Waals surface area contributed by atoms with Crippen LogP contribution in [0, 0.1) is 0 Å². The van der Waals surface area contributed by atoms with Gasteiger partial charge in [-0.2, -0.15) is 5.10 Å². The third-order valence-electron chi connectivity index (χ3n) is 4.95. The average molecular weight is 396 g/mol. The molecule has 6 heteroatoms. The number of allylic oxidation sites excluding steroid dienone is 5. The van der Waals surface area contributed by atoms with Crippen molar-refractivity contribution >= 4 is 27.5 Å². The number of H-pyrrole nitrogens is 2. The first-order chi connectivity index (χ1) is 14.6. The molecule has 0 saturated carbocycles. The Bertz CT molecular complexity index is 1270. The summed E-state index contributed by atoms with van der Waals surface area (Å²) in [6.07, 6.45) is 8.46. The molecule has 0 bridgehead atoms. The minimum Gasteiger partial charge on any atom is -0.359 e. The Kier molecular flexibility index (Phi) is 5.30. The van der Waals surface area contributed by atoms with Gasteiger partial charge in [-0.1, -0.05) is 38.3 Å². The maximum atomic E-state index is 4.69. The lowest BCUT2D eigenvalue weighted by Gasteiger charge is -2.10. The Morgan fingerprint density at radius 1 is 1.23 bits per heavy atom. The van der Waals surface area contributed by atoms with Gasteiger partial charge in [0, 0.05) is 16.8 Å². The third-order valence-corrected chi connectivity index (χ3v) is 4.95. The van der Waals surface area contributed by atoms with Crippen LogP contribution in [0.4, 0.5) is 0 Å². The van der Waals surface area contributed by atoms with Crippen molar-refractivity contribution in [3.05, 3.63) is 85.0 Å². The highest BCUT2D eigenvalue weighted by atomic mass is 15.1. The van der Waals surface area contributed by atoms with E-state index >= 15 is 0 Å². The Hall–Kier alpha value is -3.93. The van der Waals surface area contributed by atoms with Gasteiger partial charge >= 0.3 is 0 Å². The number of rotatable bonds is 7. The highest BCUT2D eigenvalue weighted by molar-refractivity contribution is 5.94. The number of pyridine rings is 1. The molecule has 4 aromatic rings. The van der Waals surface area contributed by atoms with Gasteiger partial charge in [-0.15, -0.1) is 0 Å². The summed E-state index contributed by atoms with van der Waals surface area (Å²) in [5.41, 5.74) is 7.14. The van der Waals surface area contributed by atoms with Crippen LogP contribution in [-0.4, -0.2) is 25.1 Å². The molecule has 0 radical (unpaired) electrons. The first-order valence-corrected chi connectivity index (χ1v) is 9.87. The number of hydrogen-bond donors (Lipinski definition) is 3. The molecule has 0 aliphatic rings. The molecule has 0 fully saturated rings. The molecule has 150 valence electrons. The second-order valence-electron chi connectivity index (χ2n) is 6.92. The van der Waals surface area contributed by atoms with Gasteiger partial charge in [-0.25, -0.2) is 4.98 Å². The van der Waals surface area contributed by atoms with E-state index in [0.717, 1.165) is 62.5 Å². The second-order valence-corrected chi connectivity index (χ2v) is 6.92. The van der Waals surface area contributed by atoms with Crippen LogP contribution in [0.1, 0.15) is 26.0 Å². The normalized spacial score (nSPS) is 12.5. The van der Waals surface area contributed by atoms with Gasteiger partial charge in [0.05, 0.1) is 28.4 Å². The SMILES string of the molecule is C=C/C(=C\C(=C/C)c1cc2c(-c3nc4ccccc4[nH]3)n[nH]c2cn1)NC(=C)CC. The van der Waals surface area contributed by atoms with Crippen molar-refractivity contribution in [3.63, 3.8) is 0 Å². The minimum atomic E-state index is 0.727. The van der Waals surface area contributed by atoms with Crippen LogP contribution in [0.25, 0.3) is 39.0 Å². The molecule has 3 heterocycles. The first-order valence-electron chi connectivity index (χ1n) is 9.87. The van der Waals surface area contributed by atoms with Crippen LogP contribution >= 0.6 is 0 Å². The lowest BCUT2D eigenvalue weighted by Crippen LogP contribution is -2.09. The van der Waals surface area contributed by atoms with E-state index in [0.29, 0.717) is 0 Å². The van der Waals surface area contributed by atoms with Crippen molar-refractivity contribution < 1.29 is 0 Å². The van der Waals surface area contributed by atoms with Crippen molar-refractivity contribution in [2.75, 3.05) is 0 Å². The van der Waals surface area contributed by atoms with Gasteiger partial charge in [-0.05, 0) is 49.3 Å². The summed E-state index contributed by atoms with van der Waals surface area (Å²) >= 11 is 0. The summed E-state index contributed by atoms with van der Waals surface area (Å²) in [4.78, 5) is 12.6. The number of aromatic amines is 2. The number of nitrogens with zero attached hydrogens (tertiary/aromatic N) is 3. The quantitative estimate of drug-likeness (QED) is 0.361. The molecular weight excluding hydrogens is 372 g/mol. The van der Waals surface area contributed by atoms with Crippen LogP contribution < -0.4 is 5.32 Å². The fourth-order valence-corrected chi connectivity index (χ4v) is 3.23. The van der Waals surface area contributed by atoms with Crippen molar-refractivity contribution in [1.29, 1.82) is 0 Å². The predicted octanol–water partition coefficient (Wildman–Crippen LogP) is 5.49. The van der Waals surface area contributed by atoms with Crippen LogP contribution in [-0.2, 0) is 0 Å². The summed E-state index contributed by atoms with van der Waals surface area (Å²) in [5.74, 6) is 0.727. The molecule has 0 saturated heterocycles. The zero-order chi connectivity index (χ0) is 21.1. The molecule has 0 aliphatic carbocycles. The van der Waals surface area contributed by atoms with Gasteiger partial charge in [0.25, 0.3) is 0 Å². The molecule has 0 atom stereocenters. The highest BCUT2D eigenvalue weighted by Gasteiger charge is 2.14. The monoisotopic (exact) mass is 396 g/mol.